The van der Waals surface area contributed by atoms with Gasteiger partial charge in [0.15, 0.2) is 0 Å². The fraction of sp³-hybridized carbons (Fsp3) is 0.444. The van der Waals surface area contributed by atoms with E-state index in [2.05, 4.69) is 33.4 Å². The number of halogens is 1. The van der Waals surface area contributed by atoms with Gasteiger partial charge in [-0.15, -0.1) is 0 Å². The molecule has 2 aromatic heterocycles. The van der Waals surface area contributed by atoms with Crippen LogP contribution in [0.1, 0.15) is 43.4 Å². The minimum Gasteiger partial charge on any atom is -0.369 e. The monoisotopic (exact) mass is 459 g/mol. The van der Waals surface area contributed by atoms with Crippen LogP contribution in [-0.2, 0) is 17.6 Å². The summed E-state index contributed by atoms with van der Waals surface area (Å²) in [7, 11) is 0. The molecule has 7 heteroatoms. The van der Waals surface area contributed by atoms with E-state index in [1.807, 2.05) is 12.1 Å². The van der Waals surface area contributed by atoms with E-state index in [1.54, 1.807) is 6.20 Å². The lowest BCUT2D eigenvalue weighted by Crippen LogP contribution is -2.27. The van der Waals surface area contributed by atoms with Gasteiger partial charge in [-0.05, 0) is 79.5 Å². The molecular weight excluding hydrogens is 429 g/mol. The van der Waals surface area contributed by atoms with E-state index in [4.69, 9.17) is 10.7 Å². The Morgan fingerprint density at radius 3 is 2.74 bits per heavy atom. The third-order valence-corrected chi connectivity index (χ3v) is 7.42. The van der Waals surface area contributed by atoms with Crippen LogP contribution in [0.15, 0.2) is 36.5 Å². The largest absolute Gasteiger partial charge is 0.369 e. The van der Waals surface area contributed by atoms with Gasteiger partial charge in [-0.2, -0.15) is 0 Å². The molecule has 3 atom stereocenters. The minimum atomic E-state index is -1.02. The fourth-order valence-corrected chi connectivity index (χ4v) is 5.44. The summed E-state index contributed by atoms with van der Waals surface area (Å²) in [5.74, 6) is -0.385. The SMILES string of the molecule is N[C@H]1CCN(c2c3c(nc4ccc(-c5ccnc(NC(=O)[C@@H]6C[C@@H]6F)c5)cc24)CCCCC3)C1. The van der Waals surface area contributed by atoms with Gasteiger partial charge in [0.1, 0.15) is 12.0 Å². The first-order valence-corrected chi connectivity index (χ1v) is 12.4. The van der Waals surface area contributed by atoms with E-state index in [0.717, 1.165) is 54.4 Å². The molecule has 1 aromatic carbocycles. The van der Waals surface area contributed by atoms with Gasteiger partial charge in [-0.3, -0.25) is 9.78 Å². The summed E-state index contributed by atoms with van der Waals surface area (Å²) < 4.78 is 13.3. The Balaban J connectivity index is 1.41. The Hall–Kier alpha value is -3.06. The first-order valence-electron chi connectivity index (χ1n) is 12.4. The number of anilines is 2. The van der Waals surface area contributed by atoms with Crippen molar-refractivity contribution in [3.63, 3.8) is 0 Å². The molecule has 176 valence electrons. The molecule has 3 N–H and O–H groups in total. The summed E-state index contributed by atoms with van der Waals surface area (Å²) in [4.78, 5) is 24.0. The number of aromatic nitrogens is 2. The Labute approximate surface area is 198 Å². The van der Waals surface area contributed by atoms with Crippen molar-refractivity contribution in [2.45, 2.75) is 57.2 Å². The lowest BCUT2D eigenvalue weighted by Gasteiger charge is -2.25. The molecule has 3 aliphatic rings. The van der Waals surface area contributed by atoms with Crippen molar-refractivity contribution in [2.24, 2.45) is 11.7 Å². The summed E-state index contributed by atoms with van der Waals surface area (Å²) >= 11 is 0. The van der Waals surface area contributed by atoms with Gasteiger partial charge in [0.2, 0.25) is 5.91 Å². The number of nitrogens with zero attached hydrogens (tertiary/aromatic N) is 3. The molecule has 3 heterocycles. The zero-order valence-electron chi connectivity index (χ0n) is 19.3. The maximum absolute atomic E-state index is 13.3. The lowest BCUT2D eigenvalue weighted by molar-refractivity contribution is -0.117. The first-order chi connectivity index (χ1) is 16.6. The molecule has 2 aliphatic carbocycles. The normalized spacial score (nSPS) is 24.1. The molecule has 0 spiro atoms. The number of aryl methyl sites for hydroxylation is 1. The Morgan fingerprint density at radius 1 is 1.12 bits per heavy atom. The molecular formula is C27H30FN5O. The molecule has 0 unspecified atom stereocenters. The Kier molecular flexibility index (Phi) is 5.44. The predicted molar refractivity (Wildman–Crippen MR) is 133 cm³/mol. The van der Waals surface area contributed by atoms with Crippen LogP contribution in [0.5, 0.6) is 0 Å². The average Bonchev–Trinajstić information content (AvgIpc) is 3.50. The number of rotatable bonds is 4. The van der Waals surface area contributed by atoms with Crippen molar-refractivity contribution in [1.29, 1.82) is 0 Å². The van der Waals surface area contributed by atoms with Gasteiger partial charge < -0.3 is 16.0 Å². The summed E-state index contributed by atoms with van der Waals surface area (Å²) in [6.07, 6.45) is 7.70. The van der Waals surface area contributed by atoms with Crippen molar-refractivity contribution in [2.75, 3.05) is 23.3 Å². The zero-order chi connectivity index (χ0) is 23.2. The van der Waals surface area contributed by atoms with Gasteiger partial charge in [0.05, 0.1) is 17.1 Å². The van der Waals surface area contributed by atoms with E-state index in [-0.39, 0.29) is 11.9 Å². The number of amides is 1. The number of carbonyl (C=O) groups is 1. The summed E-state index contributed by atoms with van der Waals surface area (Å²) in [6, 6.07) is 10.4. The maximum atomic E-state index is 13.3. The van der Waals surface area contributed by atoms with Crippen LogP contribution in [-0.4, -0.2) is 41.2 Å². The van der Waals surface area contributed by atoms with Crippen LogP contribution >= 0.6 is 0 Å². The topological polar surface area (TPSA) is 84.1 Å². The fourth-order valence-electron chi connectivity index (χ4n) is 5.44. The van der Waals surface area contributed by atoms with E-state index in [0.29, 0.717) is 12.2 Å². The second-order valence-electron chi connectivity index (χ2n) is 9.95. The number of alkyl halides is 1. The quantitative estimate of drug-likeness (QED) is 0.565. The molecule has 3 aromatic rings. The Bertz CT molecular complexity index is 1260. The summed E-state index contributed by atoms with van der Waals surface area (Å²) in [5, 5.41) is 3.93. The number of nitrogens with two attached hydrogens (primary N) is 1. The number of hydrogen-bond donors (Lipinski definition) is 2. The average molecular weight is 460 g/mol. The van der Waals surface area contributed by atoms with Gasteiger partial charge in [-0.1, -0.05) is 12.5 Å². The third-order valence-electron chi connectivity index (χ3n) is 7.42. The number of nitrogens with one attached hydrogen (secondary N) is 1. The van der Waals surface area contributed by atoms with Crippen LogP contribution in [0.2, 0.25) is 0 Å². The minimum absolute atomic E-state index is 0.203. The van der Waals surface area contributed by atoms with Crippen LogP contribution in [0.4, 0.5) is 15.9 Å². The number of carbonyl (C=O) groups excluding carboxylic acids is 1. The second-order valence-corrected chi connectivity index (χ2v) is 9.95. The van der Waals surface area contributed by atoms with E-state index in [1.165, 1.54) is 36.2 Å². The zero-order valence-corrected chi connectivity index (χ0v) is 19.3. The standard InChI is InChI=1S/C27H30FN5O/c28-22-14-20(22)27(34)32-25-13-17(8-10-30-25)16-6-7-24-21(12-16)26(33-11-9-18(29)15-33)19-4-2-1-3-5-23(19)31-24/h6-8,10,12-13,18,20,22H,1-5,9,11,14-15,29H2,(H,30,32,34)/t18-,20+,22-/m0/s1. The molecule has 6 nitrogen and oxygen atoms in total. The number of benzene rings is 1. The molecule has 2 fully saturated rings. The van der Waals surface area contributed by atoms with Gasteiger partial charge >= 0.3 is 0 Å². The van der Waals surface area contributed by atoms with Gasteiger partial charge in [0.25, 0.3) is 0 Å². The molecule has 1 amide bonds. The summed E-state index contributed by atoms with van der Waals surface area (Å²) in [5.41, 5.74) is 13.3. The predicted octanol–water partition coefficient (Wildman–Crippen LogP) is 4.40. The van der Waals surface area contributed by atoms with Crippen molar-refractivity contribution in [1.82, 2.24) is 9.97 Å². The summed E-state index contributed by atoms with van der Waals surface area (Å²) in [6.45, 7) is 1.84. The van der Waals surface area contributed by atoms with E-state index >= 15 is 0 Å². The van der Waals surface area contributed by atoms with Gasteiger partial charge in [-0.25, -0.2) is 9.37 Å². The molecule has 1 saturated carbocycles. The highest BCUT2D eigenvalue weighted by Crippen LogP contribution is 2.39. The lowest BCUT2D eigenvalue weighted by atomic mass is 9.97. The van der Waals surface area contributed by atoms with E-state index < -0.39 is 12.1 Å². The molecule has 6 rings (SSSR count). The molecule has 0 bridgehead atoms. The smallest absolute Gasteiger partial charge is 0.231 e. The first kappa shape index (κ1) is 21.5. The maximum Gasteiger partial charge on any atom is 0.231 e. The highest BCUT2D eigenvalue weighted by atomic mass is 19.1. The van der Waals surface area contributed by atoms with Crippen LogP contribution in [0.25, 0.3) is 22.0 Å². The Morgan fingerprint density at radius 2 is 1.94 bits per heavy atom. The number of pyridine rings is 2. The number of hydrogen-bond acceptors (Lipinski definition) is 5. The molecule has 34 heavy (non-hydrogen) atoms. The van der Waals surface area contributed by atoms with Crippen molar-refractivity contribution >= 4 is 28.3 Å². The van der Waals surface area contributed by atoms with Crippen molar-refractivity contribution in [3.8, 4) is 11.1 Å². The molecule has 1 aliphatic heterocycles. The van der Waals surface area contributed by atoms with Gasteiger partial charge in [0, 0.05) is 36.4 Å². The van der Waals surface area contributed by atoms with Crippen LogP contribution in [0.3, 0.4) is 0 Å². The highest BCUT2D eigenvalue weighted by Gasteiger charge is 2.43. The van der Waals surface area contributed by atoms with Crippen molar-refractivity contribution in [3.05, 3.63) is 47.8 Å². The van der Waals surface area contributed by atoms with Crippen LogP contribution < -0.4 is 16.0 Å². The highest BCUT2D eigenvalue weighted by molar-refractivity contribution is 5.98. The molecule has 0 radical (unpaired) electrons. The van der Waals surface area contributed by atoms with E-state index in [9.17, 15) is 9.18 Å². The number of fused-ring (bicyclic) bond motifs is 2. The second kappa shape index (κ2) is 8.62. The van der Waals surface area contributed by atoms with Crippen molar-refractivity contribution < 1.29 is 9.18 Å². The van der Waals surface area contributed by atoms with Crippen LogP contribution in [0, 0.1) is 5.92 Å². The third kappa shape index (κ3) is 4.02. The molecule has 1 saturated heterocycles.